The summed E-state index contributed by atoms with van der Waals surface area (Å²) in [5, 5.41) is 3.19. The van der Waals surface area contributed by atoms with E-state index in [9.17, 15) is 0 Å². The molecule has 1 saturated heterocycles. The summed E-state index contributed by atoms with van der Waals surface area (Å²) in [6, 6.07) is 10.1. The van der Waals surface area contributed by atoms with Gasteiger partial charge in [-0.25, -0.2) is 4.98 Å². The number of hydrogen-bond acceptors (Lipinski definition) is 6. The summed E-state index contributed by atoms with van der Waals surface area (Å²) in [6.45, 7) is 3.30. The van der Waals surface area contributed by atoms with Gasteiger partial charge in [-0.1, -0.05) is 12.1 Å². The fourth-order valence-corrected chi connectivity index (χ4v) is 3.52. The Kier molecular flexibility index (Phi) is 6.90. The summed E-state index contributed by atoms with van der Waals surface area (Å²) in [5.74, 6) is 2.55. The Hall–Kier alpha value is -2.31. The Labute approximate surface area is 161 Å². The predicted molar refractivity (Wildman–Crippen MR) is 106 cm³/mol. The van der Waals surface area contributed by atoms with E-state index in [-0.39, 0.29) is 6.10 Å². The van der Waals surface area contributed by atoms with Crippen LogP contribution < -0.4 is 14.8 Å². The van der Waals surface area contributed by atoms with Gasteiger partial charge in [-0.15, -0.1) is 0 Å². The molecule has 146 valence electrons. The van der Waals surface area contributed by atoms with Crippen LogP contribution in [-0.4, -0.2) is 50.4 Å². The van der Waals surface area contributed by atoms with Crippen LogP contribution in [0, 0.1) is 0 Å². The van der Waals surface area contributed by atoms with Crippen molar-refractivity contribution in [3.05, 3.63) is 47.7 Å². The minimum atomic E-state index is 0.281. The summed E-state index contributed by atoms with van der Waals surface area (Å²) in [4.78, 5) is 6.84. The molecule has 1 fully saturated rings. The number of benzene rings is 1. The smallest absolute Gasteiger partial charge is 0.130 e. The van der Waals surface area contributed by atoms with Crippen molar-refractivity contribution in [2.75, 3.05) is 39.7 Å². The minimum absolute atomic E-state index is 0.281. The molecular formula is C21H29N3O3. The predicted octanol–water partition coefficient (Wildman–Crippen LogP) is 3.32. The monoisotopic (exact) mass is 371 g/mol. The molecule has 0 aliphatic carbocycles. The fraction of sp³-hybridized carbons (Fsp3) is 0.476. The maximum atomic E-state index is 5.88. The molecule has 1 aliphatic heterocycles. The Balaban J connectivity index is 1.81. The lowest BCUT2D eigenvalue weighted by Crippen LogP contribution is -2.32. The first kappa shape index (κ1) is 19.5. The molecule has 1 N–H and O–H groups in total. The van der Waals surface area contributed by atoms with E-state index in [0.29, 0.717) is 0 Å². The van der Waals surface area contributed by atoms with Crippen LogP contribution in [0.4, 0.5) is 5.82 Å². The average Bonchev–Trinajstić information content (AvgIpc) is 3.21. The van der Waals surface area contributed by atoms with Gasteiger partial charge in [-0.3, -0.25) is 4.90 Å². The number of nitrogens with one attached hydrogen (secondary N) is 1. The van der Waals surface area contributed by atoms with Gasteiger partial charge in [0.05, 0.1) is 20.3 Å². The number of methoxy groups -OCH3 is 2. The second-order valence-electron chi connectivity index (χ2n) is 6.74. The maximum Gasteiger partial charge on any atom is 0.130 e. The molecule has 3 rings (SSSR count). The molecule has 0 bridgehead atoms. The van der Waals surface area contributed by atoms with Crippen LogP contribution in [0.25, 0.3) is 0 Å². The van der Waals surface area contributed by atoms with Crippen molar-refractivity contribution >= 4 is 5.82 Å². The van der Waals surface area contributed by atoms with Crippen molar-refractivity contribution in [3.63, 3.8) is 0 Å². The van der Waals surface area contributed by atoms with Crippen molar-refractivity contribution < 1.29 is 14.2 Å². The molecule has 0 spiro atoms. The van der Waals surface area contributed by atoms with Gasteiger partial charge in [-0.2, -0.15) is 0 Å². The first-order chi connectivity index (χ1) is 13.2. The van der Waals surface area contributed by atoms with Gasteiger partial charge in [0.2, 0.25) is 0 Å². The van der Waals surface area contributed by atoms with Crippen molar-refractivity contribution in [3.8, 4) is 11.5 Å². The van der Waals surface area contributed by atoms with Gasteiger partial charge in [0.1, 0.15) is 17.3 Å². The van der Waals surface area contributed by atoms with Crippen LogP contribution >= 0.6 is 0 Å². The van der Waals surface area contributed by atoms with E-state index in [0.717, 1.165) is 62.0 Å². The molecule has 1 aromatic carbocycles. The van der Waals surface area contributed by atoms with Crippen LogP contribution in [0.15, 0.2) is 36.5 Å². The molecule has 1 atom stereocenters. The zero-order valence-electron chi connectivity index (χ0n) is 16.4. The van der Waals surface area contributed by atoms with Gasteiger partial charge in [-0.05, 0) is 25.0 Å². The zero-order chi connectivity index (χ0) is 19.1. The number of aromatic nitrogens is 1. The molecular weight excluding hydrogens is 342 g/mol. The highest BCUT2D eigenvalue weighted by atomic mass is 16.5. The first-order valence-electron chi connectivity index (χ1n) is 9.40. The van der Waals surface area contributed by atoms with E-state index in [1.807, 2.05) is 31.4 Å². The lowest BCUT2D eigenvalue weighted by Gasteiger charge is -2.27. The number of ether oxygens (including phenoxy) is 3. The minimum Gasteiger partial charge on any atom is -0.497 e. The fourth-order valence-electron chi connectivity index (χ4n) is 3.52. The molecule has 0 radical (unpaired) electrons. The number of pyridine rings is 1. The molecule has 0 unspecified atom stereocenters. The van der Waals surface area contributed by atoms with Crippen LogP contribution in [-0.2, 0) is 17.8 Å². The SMILES string of the molecule is CNc1ncccc1CN(Cc1ccc(OC)cc1OC)C[C@@H]1CCCO1. The normalized spacial score (nSPS) is 16.5. The Morgan fingerprint density at radius 2 is 2.04 bits per heavy atom. The average molecular weight is 371 g/mol. The molecule has 1 aliphatic rings. The summed E-state index contributed by atoms with van der Waals surface area (Å²) < 4.78 is 16.8. The number of anilines is 1. The van der Waals surface area contributed by atoms with Crippen molar-refractivity contribution in [1.82, 2.24) is 9.88 Å². The molecule has 0 saturated carbocycles. The second-order valence-corrected chi connectivity index (χ2v) is 6.74. The lowest BCUT2D eigenvalue weighted by atomic mass is 10.1. The van der Waals surface area contributed by atoms with Crippen molar-refractivity contribution in [1.29, 1.82) is 0 Å². The van der Waals surface area contributed by atoms with Crippen molar-refractivity contribution in [2.24, 2.45) is 0 Å². The summed E-state index contributed by atoms with van der Waals surface area (Å²) in [6.07, 6.45) is 4.34. The van der Waals surface area contributed by atoms with E-state index >= 15 is 0 Å². The molecule has 6 nitrogen and oxygen atoms in total. The summed E-state index contributed by atoms with van der Waals surface area (Å²) >= 11 is 0. The van der Waals surface area contributed by atoms with Gasteiger partial charge in [0.15, 0.2) is 0 Å². The number of rotatable bonds is 9. The van der Waals surface area contributed by atoms with Gasteiger partial charge < -0.3 is 19.5 Å². The van der Waals surface area contributed by atoms with Gasteiger partial charge in [0.25, 0.3) is 0 Å². The molecule has 0 amide bonds. The van der Waals surface area contributed by atoms with Gasteiger partial charge >= 0.3 is 0 Å². The highest BCUT2D eigenvalue weighted by molar-refractivity contribution is 5.43. The highest BCUT2D eigenvalue weighted by Crippen LogP contribution is 2.27. The zero-order valence-corrected chi connectivity index (χ0v) is 16.4. The maximum absolute atomic E-state index is 5.88. The van der Waals surface area contributed by atoms with E-state index in [1.165, 1.54) is 5.56 Å². The summed E-state index contributed by atoms with van der Waals surface area (Å²) in [5.41, 5.74) is 2.30. The first-order valence-corrected chi connectivity index (χ1v) is 9.40. The second kappa shape index (κ2) is 9.58. The van der Waals surface area contributed by atoms with Gasteiger partial charge in [0, 0.05) is 56.7 Å². The number of hydrogen-bond donors (Lipinski definition) is 1. The Bertz CT molecular complexity index is 732. The van der Waals surface area contributed by atoms with Crippen LogP contribution in [0.2, 0.25) is 0 Å². The van der Waals surface area contributed by atoms with Crippen LogP contribution in [0.5, 0.6) is 11.5 Å². The number of nitrogens with zero attached hydrogens (tertiary/aromatic N) is 2. The molecule has 6 heteroatoms. The van der Waals surface area contributed by atoms with E-state index in [2.05, 4.69) is 27.3 Å². The lowest BCUT2D eigenvalue weighted by molar-refractivity contribution is 0.0676. The highest BCUT2D eigenvalue weighted by Gasteiger charge is 2.21. The van der Waals surface area contributed by atoms with Crippen molar-refractivity contribution in [2.45, 2.75) is 32.0 Å². The van der Waals surface area contributed by atoms with Crippen LogP contribution in [0.1, 0.15) is 24.0 Å². The third-order valence-electron chi connectivity index (χ3n) is 4.90. The van der Waals surface area contributed by atoms with E-state index < -0.39 is 0 Å². The molecule has 1 aromatic heterocycles. The topological polar surface area (TPSA) is 55.9 Å². The van der Waals surface area contributed by atoms with Crippen LogP contribution in [0.3, 0.4) is 0 Å². The van der Waals surface area contributed by atoms with E-state index in [1.54, 1.807) is 14.2 Å². The van der Waals surface area contributed by atoms with E-state index in [4.69, 9.17) is 14.2 Å². The molecule has 27 heavy (non-hydrogen) atoms. The Morgan fingerprint density at radius 3 is 2.74 bits per heavy atom. The molecule has 2 aromatic rings. The summed E-state index contributed by atoms with van der Waals surface area (Å²) in [7, 11) is 5.27. The Morgan fingerprint density at radius 1 is 1.19 bits per heavy atom. The molecule has 2 heterocycles. The third-order valence-corrected chi connectivity index (χ3v) is 4.90. The third kappa shape index (κ3) is 5.11. The quantitative estimate of drug-likeness (QED) is 0.730. The largest absolute Gasteiger partial charge is 0.497 e. The standard InChI is InChI=1S/C21H29N3O3/c1-22-21-17(6-4-10-23-21)14-24(15-19-7-5-11-27-19)13-16-8-9-18(25-2)12-20(16)26-3/h4,6,8-10,12,19H,5,7,11,13-15H2,1-3H3,(H,22,23)/t19-/m0/s1.